The lowest BCUT2D eigenvalue weighted by Crippen LogP contribution is -2.49. The van der Waals surface area contributed by atoms with E-state index in [1.165, 1.54) is 23.1 Å². The van der Waals surface area contributed by atoms with Crippen molar-refractivity contribution in [3.05, 3.63) is 83.7 Å². The quantitative estimate of drug-likeness (QED) is 0.290. The lowest BCUT2D eigenvalue weighted by atomic mass is 10.1. The highest BCUT2D eigenvalue weighted by Gasteiger charge is 2.44. The highest BCUT2D eigenvalue weighted by atomic mass is 32.2. The fourth-order valence-corrected chi connectivity index (χ4v) is 7.60. The van der Waals surface area contributed by atoms with Crippen molar-refractivity contribution in [1.82, 2.24) is 24.1 Å². The maximum absolute atomic E-state index is 14.4. The molecule has 0 radical (unpaired) electrons. The molecule has 13 nitrogen and oxygen atoms in total. The lowest BCUT2D eigenvalue weighted by molar-refractivity contribution is -0.142. The van der Waals surface area contributed by atoms with E-state index < -0.39 is 40.3 Å². The predicted octanol–water partition coefficient (Wildman–Crippen LogP) is 2.51. The van der Waals surface area contributed by atoms with Gasteiger partial charge in [-0.2, -0.15) is 0 Å². The SMILES string of the molecule is Cn1c([C@H](C(=O)NC[C@H]2CCCO2)N(Cc2ccc3c(c2)OCO3)C(=O)CN2C(=O)c3ccccc3S2(=O)=O)nc2ccccc21. The molecule has 238 valence electrons. The summed E-state index contributed by atoms with van der Waals surface area (Å²) in [6.45, 7) is -0.0829. The second-order valence-corrected chi connectivity index (χ2v) is 13.2. The van der Waals surface area contributed by atoms with Crippen molar-refractivity contribution in [1.29, 1.82) is 0 Å². The molecule has 4 aromatic rings. The number of aryl methyl sites for hydroxylation is 1. The van der Waals surface area contributed by atoms with Gasteiger partial charge in [-0.25, -0.2) is 17.7 Å². The molecule has 3 aliphatic rings. The Bertz CT molecular complexity index is 1970. The minimum Gasteiger partial charge on any atom is -0.454 e. The van der Waals surface area contributed by atoms with Crippen LogP contribution in [-0.2, 0) is 37.9 Å². The summed E-state index contributed by atoms with van der Waals surface area (Å²) in [5.41, 5.74) is 1.92. The topological polar surface area (TPSA) is 149 Å². The van der Waals surface area contributed by atoms with Gasteiger partial charge in [0.2, 0.25) is 12.7 Å². The molecule has 0 bridgehead atoms. The summed E-state index contributed by atoms with van der Waals surface area (Å²) in [4.78, 5) is 47.7. The van der Waals surface area contributed by atoms with Crippen LogP contribution >= 0.6 is 0 Å². The van der Waals surface area contributed by atoms with E-state index in [0.29, 0.717) is 33.5 Å². The summed E-state index contributed by atoms with van der Waals surface area (Å²) in [7, 11) is -2.55. The Kier molecular flexibility index (Phi) is 7.61. The number of amides is 3. The maximum atomic E-state index is 14.4. The van der Waals surface area contributed by atoms with E-state index in [-0.39, 0.29) is 42.3 Å². The summed E-state index contributed by atoms with van der Waals surface area (Å²) >= 11 is 0. The summed E-state index contributed by atoms with van der Waals surface area (Å²) in [6.07, 6.45) is 1.49. The zero-order valence-corrected chi connectivity index (χ0v) is 25.7. The summed E-state index contributed by atoms with van der Waals surface area (Å²) in [5.74, 6) is -0.837. The van der Waals surface area contributed by atoms with Gasteiger partial charge in [-0.1, -0.05) is 30.3 Å². The summed E-state index contributed by atoms with van der Waals surface area (Å²) < 4.78 is 45.8. The molecule has 4 heterocycles. The van der Waals surface area contributed by atoms with Gasteiger partial charge in [0.05, 0.1) is 22.7 Å². The number of imidazole rings is 1. The van der Waals surface area contributed by atoms with Gasteiger partial charge in [0.1, 0.15) is 17.3 Å². The third-order valence-corrected chi connectivity index (χ3v) is 10.2. The van der Waals surface area contributed by atoms with Crippen LogP contribution in [0.4, 0.5) is 0 Å². The number of nitrogens with zero attached hydrogens (tertiary/aromatic N) is 4. The number of nitrogens with one attached hydrogen (secondary N) is 1. The van der Waals surface area contributed by atoms with E-state index in [1.54, 1.807) is 41.9 Å². The second kappa shape index (κ2) is 11.8. The van der Waals surface area contributed by atoms with E-state index >= 15 is 0 Å². The number of rotatable bonds is 9. The second-order valence-electron chi connectivity index (χ2n) is 11.3. The first-order valence-corrected chi connectivity index (χ1v) is 16.3. The van der Waals surface area contributed by atoms with Crippen molar-refractivity contribution in [2.45, 2.75) is 36.4 Å². The van der Waals surface area contributed by atoms with Gasteiger partial charge < -0.3 is 29.0 Å². The van der Waals surface area contributed by atoms with E-state index in [0.717, 1.165) is 18.4 Å². The zero-order valence-electron chi connectivity index (χ0n) is 24.9. The molecule has 46 heavy (non-hydrogen) atoms. The van der Waals surface area contributed by atoms with Crippen LogP contribution in [0.25, 0.3) is 11.0 Å². The number of carbonyl (C=O) groups is 3. The Balaban J connectivity index is 1.30. The van der Waals surface area contributed by atoms with E-state index in [9.17, 15) is 22.8 Å². The van der Waals surface area contributed by atoms with Gasteiger partial charge in [-0.15, -0.1) is 0 Å². The number of sulfonamides is 1. The van der Waals surface area contributed by atoms with E-state index in [2.05, 4.69) is 5.32 Å². The molecule has 14 heteroatoms. The molecule has 0 aliphatic carbocycles. The Morgan fingerprint density at radius 2 is 1.85 bits per heavy atom. The molecule has 2 atom stereocenters. The Hall–Kier alpha value is -4.95. The highest BCUT2D eigenvalue weighted by Crippen LogP contribution is 2.35. The van der Waals surface area contributed by atoms with Crippen LogP contribution in [-0.4, -0.2) is 77.5 Å². The van der Waals surface area contributed by atoms with E-state index in [1.807, 2.05) is 18.2 Å². The van der Waals surface area contributed by atoms with Crippen molar-refractivity contribution >= 4 is 38.8 Å². The van der Waals surface area contributed by atoms with Gasteiger partial charge in [0, 0.05) is 26.7 Å². The standard InChI is InChI=1S/C32H31N5O8S/c1-35-24-10-4-3-9-23(24)34-30(35)29(31(39)33-16-21-7-6-14-43-21)36(17-20-12-13-25-26(15-20)45-19-44-25)28(38)18-37-32(40)22-8-2-5-11-27(22)46(37,41)42/h2-5,8-13,15,21,29H,6-7,14,16-19H2,1H3,(H,33,39)/t21-,29-/m1/s1. The molecule has 3 aliphatic heterocycles. The van der Waals surface area contributed by atoms with E-state index in [4.69, 9.17) is 19.2 Å². The molecule has 0 spiro atoms. The van der Waals surface area contributed by atoms with Crippen LogP contribution < -0.4 is 14.8 Å². The molecular formula is C32H31N5O8S. The van der Waals surface area contributed by atoms with Crippen LogP contribution in [0.3, 0.4) is 0 Å². The van der Waals surface area contributed by atoms with Crippen molar-refractivity contribution in [2.75, 3.05) is 26.5 Å². The average Bonchev–Trinajstić information content (AvgIpc) is 3.85. The third-order valence-electron chi connectivity index (χ3n) is 8.46. The first-order chi connectivity index (χ1) is 22.2. The molecular weight excluding hydrogens is 614 g/mol. The zero-order chi connectivity index (χ0) is 32.0. The number of carbonyl (C=O) groups excluding carboxylic acids is 3. The normalized spacial score (nSPS) is 18.5. The average molecular weight is 646 g/mol. The molecule has 7 rings (SSSR count). The molecule has 3 amide bonds. The first-order valence-electron chi connectivity index (χ1n) is 14.9. The first kappa shape index (κ1) is 29.7. The summed E-state index contributed by atoms with van der Waals surface area (Å²) in [5, 5.41) is 2.94. The van der Waals surface area contributed by atoms with Gasteiger partial charge in [-0.05, 0) is 54.8 Å². The van der Waals surface area contributed by atoms with Crippen molar-refractivity contribution in [3.63, 3.8) is 0 Å². The lowest BCUT2D eigenvalue weighted by Gasteiger charge is -2.32. The molecule has 1 aromatic heterocycles. The number of hydrogen-bond donors (Lipinski definition) is 1. The number of para-hydroxylation sites is 2. The number of aromatic nitrogens is 2. The minimum atomic E-state index is -4.30. The Morgan fingerprint density at radius 3 is 2.63 bits per heavy atom. The van der Waals surface area contributed by atoms with Crippen LogP contribution in [0.15, 0.2) is 71.6 Å². The summed E-state index contributed by atoms with van der Waals surface area (Å²) in [6, 6.07) is 17.0. The fraction of sp³-hybridized carbons (Fsp3) is 0.312. The van der Waals surface area contributed by atoms with Gasteiger partial charge in [0.25, 0.3) is 21.8 Å². The van der Waals surface area contributed by atoms with Gasteiger partial charge in [0.15, 0.2) is 17.5 Å². The largest absolute Gasteiger partial charge is 0.454 e. The van der Waals surface area contributed by atoms with Crippen molar-refractivity contribution in [2.24, 2.45) is 7.05 Å². The molecule has 0 saturated carbocycles. The Morgan fingerprint density at radius 1 is 1.07 bits per heavy atom. The molecule has 0 unspecified atom stereocenters. The smallest absolute Gasteiger partial charge is 0.269 e. The third kappa shape index (κ3) is 5.22. The maximum Gasteiger partial charge on any atom is 0.269 e. The molecule has 1 saturated heterocycles. The predicted molar refractivity (Wildman–Crippen MR) is 163 cm³/mol. The number of ether oxygens (including phenoxy) is 3. The number of benzene rings is 3. The van der Waals surface area contributed by atoms with Gasteiger partial charge in [-0.3, -0.25) is 14.4 Å². The van der Waals surface area contributed by atoms with Crippen LogP contribution in [0.5, 0.6) is 11.5 Å². The monoisotopic (exact) mass is 645 g/mol. The number of hydrogen-bond acceptors (Lipinski definition) is 9. The molecule has 1 N–H and O–H groups in total. The highest BCUT2D eigenvalue weighted by molar-refractivity contribution is 7.90. The molecule has 3 aromatic carbocycles. The Labute approximate surface area is 264 Å². The fourth-order valence-electron chi connectivity index (χ4n) is 6.08. The van der Waals surface area contributed by atoms with Crippen LogP contribution in [0.2, 0.25) is 0 Å². The number of fused-ring (bicyclic) bond motifs is 3. The van der Waals surface area contributed by atoms with Crippen LogP contribution in [0, 0.1) is 0 Å². The van der Waals surface area contributed by atoms with Crippen molar-refractivity contribution in [3.8, 4) is 11.5 Å². The van der Waals surface area contributed by atoms with Gasteiger partial charge >= 0.3 is 0 Å². The molecule has 1 fully saturated rings. The van der Waals surface area contributed by atoms with Crippen LogP contribution in [0.1, 0.15) is 40.6 Å². The minimum absolute atomic E-state index is 0.0150. The van der Waals surface area contributed by atoms with Crippen molar-refractivity contribution < 1.29 is 37.0 Å².